The Kier molecular flexibility index (Phi) is 10.7. The van der Waals surface area contributed by atoms with E-state index < -0.39 is 42.5 Å². The summed E-state index contributed by atoms with van der Waals surface area (Å²) in [4.78, 5) is 68.4. The number of carbonyl (C=O) groups excluding carboxylic acids is 5. The molecular formula is C43H39ClN2O11S. The summed E-state index contributed by atoms with van der Waals surface area (Å²) in [5, 5.41) is 13.9. The fourth-order valence-corrected chi connectivity index (χ4v) is 9.39. The van der Waals surface area contributed by atoms with Crippen molar-refractivity contribution in [1.82, 2.24) is 0 Å². The summed E-state index contributed by atoms with van der Waals surface area (Å²) in [6.07, 6.45) is -3.56. The molecule has 1 saturated heterocycles. The van der Waals surface area contributed by atoms with Crippen LogP contribution in [0.15, 0.2) is 72.8 Å². The average molecular weight is 827 g/mol. The van der Waals surface area contributed by atoms with Gasteiger partial charge >= 0.3 is 17.9 Å². The predicted molar refractivity (Wildman–Crippen MR) is 216 cm³/mol. The number of benzene rings is 4. The van der Waals surface area contributed by atoms with Crippen LogP contribution in [0.3, 0.4) is 0 Å². The van der Waals surface area contributed by atoms with Gasteiger partial charge in [0.15, 0.2) is 6.10 Å². The van der Waals surface area contributed by atoms with Gasteiger partial charge in [0, 0.05) is 68.6 Å². The number of carbonyl (C=O) groups is 5. The molecule has 13 nitrogen and oxygen atoms in total. The van der Waals surface area contributed by atoms with E-state index in [1.165, 1.54) is 20.8 Å². The standard InChI is InChI=1S/C43H39ClN2O11S/c1-22(47)53-21-36-41(55-24(3)49)35(54-23(2)48)18-39(57-36)56-34-17-32-40(30-11-7-6-10-29(30)34)25(19-44)20-46(32)43(52)38-13-12-37(58-38)42(51)45-15-14-27-26-8-4-5-9-28(26)33(50)16-31(27)45/h4-13,16-17,25,35-36,39,41,50H,14-15,18-21H2,1-3H3/t25-,35-,36-,39-,41-/m1/s1. The fourth-order valence-electron chi connectivity index (χ4n) is 8.24. The first kappa shape index (κ1) is 39.1. The Labute approximate surface area is 341 Å². The lowest BCUT2D eigenvalue weighted by Gasteiger charge is -2.40. The van der Waals surface area contributed by atoms with E-state index in [0.29, 0.717) is 45.2 Å². The molecule has 5 atom stereocenters. The van der Waals surface area contributed by atoms with Crippen molar-refractivity contribution in [2.45, 2.75) is 64.1 Å². The van der Waals surface area contributed by atoms with Gasteiger partial charge in [0.1, 0.15) is 30.3 Å². The lowest BCUT2D eigenvalue weighted by atomic mass is 9.95. The molecule has 4 aromatic carbocycles. The average Bonchev–Trinajstić information content (AvgIpc) is 3.95. The molecule has 300 valence electrons. The van der Waals surface area contributed by atoms with Crippen molar-refractivity contribution in [2.24, 2.45) is 0 Å². The second-order valence-corrected chi connectivity index (χ2v) is 15.8. The molecule has 1 N–H and O–H groups in total. The summed E-state index contributed by atoms with van der Waals surface area (Å²) < 4.78 is 29.0. The Balaban J connectivity index is 1.10. The van der Waals surface area contributed by atoms with Gasteiger partial charge in [-0.3, -0.25) is 24.0 Å². The van der Waals surface area contributed by atoms with Crippen LogP contribution >= 0.6 is 22.9 Å². The monoisotopic (exact) mass is 826 g/mol. The minimum Gasteiger partial charge on any atom is -0.507 e. The number of esters is 3. The molecule has 3 aliphatic heterocycles. The zero-order chi connectivity index (χ0) is 40.8. The molecule has 2 amide bonds. The van der Waals surface area contributed by atoms with Crippen LogP contribution in [0.25, 0.3) is 21.5 Å². The van der Waals surface area contributed by atoms with Crippen molar-refractivity contribution in [2.75, 3.05) is 35.4 Å². The smallest absolute Gasteiger partial charge is 0.303 e. The van der Waals surface area contributed by atoms with Gasteiger partial charge in [-0.2, -0.15) is 0 Å². The summed E-state index contributed by atoms with van der Waals surface area (Å²) in [6, 6.07) is 21.8. The lowest BCUT2D eigenvalue weighted by Crippen LogP contribution is -2.54. The number of phenols is 1. The quantitative estimate of drug-likeness (QED) is 0.0940. The highest BCUT2D eigenvalue weighted by atomic mass is 35.5. The Morgan fingerprint density at radius 2 is 1.47 bits per heavy atom. The minimum atomic E-state index is -1.08. The molecule has 0 aliphatic carbocycles. The lowest BCUT2D eigenvalue weighted by molar-refractivity contribution is -0.245. The number of alkyl halides is 1. The minimum absolute atomic E-state index is 0.0320. The van der Waals surface area contributed by atoms with Gasteiger partial charge in [0.2, 0.25) is 6.29 Å². The van der Waals surface area contributed by atoms with Gasteiger partial charge in [-0.1, -0.05) is 48.5 Å². The number of hydrogen-bond donors (Lipinski definition) is 1. The number of amides is 2. The Bertz CT molecular complexity index is 2490. The number of nitrogens with zero attached hydrogens (tertiary/aromatic N) is 2. The highest BCUT2D eigenvalue weighted by molar-refractivity contribution is 7.16. The van der Waals surface area contributed by atoms with Crippen LogP contribution in [0.2, 0.25) is 0 Å². The van der Waals surface area contributed by atoms with Gasteiger partial charge in [0.25, 0.3) is 11.8 Å². The maximum absolute atomic E-state index is 14.4. The normalized spacial score (nSPS) is 21.1. The molecule has 1 aromatic heterocycles. The largest absolute Gasteiger partial charge is 0.507 e. The molecule has 15 heteroatoms. The summed E-state index contributed by atoms with van der Waals surface area (Å²) in [5.41, 5.74) is 3.08. The van der Waals surface area contributed by atoms with Gasteiger partial charge in [-0.25, -0.2) is 0 Å². The highest BCUT2D eigenvalue weighted by Gasteiger charge is 2.45. The first-order chi connectivity index (χ1) is 27.9. The first-order valence-electron chi connectivity index (χ1n) is 18.8. The van der Waals surface area contributed by atoms with Gasteiger partial charge in [-0.05, 0) is 40.5 Å². The van der Waals surface area contributed by atoms with Crippen molar-refractivity contribution in [3.8, 4) is 11.5 Å². The van der Waals surface area contributed by atoms with Crippen molar-refractivity contribution in [1.29, 1.82) is 0 Å². The Morgan fingerprint density at radius 3 is 2.14 bits per heavy atom. The predicted octanol–water partition coefficient (Wildman–Crippen LogP) is 6.87. The van der Waals surface area contributed by atoms with Gasteiger partial charge in [-0.15, -0.1) is 22.9 Å². The third-order valence-corrected chi connectivity index (χ3v) is 12.1. The summed E-state index contributed by atoms with van der Waals surface area (Å²) in [5.74, 6) is -1.96. The summed E-state index contributed by atoms with van der Waals surface area (Å²) in [7, 11) is 0. The zero-order valence-electron chi connectivity index (χ0n) is 31.8. The van der Waals surface area contributed by atoms with Crippen LogP contribution in [0.5, 0.6) is 11.5 Å². The topological polar surface area (TPSA) is 158 Å². The van der Waals surface area contributed by atoms with Crippen molar-refractivity contribution >= 4 is 85.6 Å². The van der Waals surface area contributed by atoms with E-state index in [1.54, 1.807) is 34.1 Å². The maximum atomic E-state index is 14.4. The van der Waals surface area contributed by atoms with Crippen LogP contribution in [-0.4, -0.2) is 85.0 Å². The molecule has 3 aliphatic rings. The third-order valence-electron chi connectivity index (χ3n) is 10.6. The number of rotatable bonds is 9. The van der Waals surface area contributed by atoms with Crippen LogP contribution in [0, 0.1) is 0 Å². The molecule has 58 heavy (non-hydrogen) atoms. The van der Waals surface area contributed by atoms with Crippen molar-refractivity contribution in [3.05, 3.63) is 93.7 Å². The van der Waals surface area contributed by atoms with Crippen LogP contribution < -0.4 is 14.5 Å². The molecule has 4 heterocycles. The number of hydrogen-bond acceptors (Lipinski definition) is 12. The summed E-state index contributed by atoms with van der Waals surface area (Å²) in [6.45, 7) is 4.09. The maximum Gasteiger partial charge on any atom is 0.303 e. The SMILES string of the molecule is CC(=O)OC[C@H]1O[C@@H](Oc2cc3c(c4ccccc24)[C@H](CCl)CN3C(=O)c2ccc(C(=O)N3CCc4c3cc(O)c3ccccc43)s2)C[C@@H](OC(C)=O)[C@H]1OC(C)=O. The van der Waals surface area contributed by atoms with E-state index >= 15 is 0 Å². The van der Waals surface area contributed by atoms with Gasteiger partial charge in [0.05, 0.1) is 27.5 Å². The second-order valence-electron chi connectivity index (χ2n) is 14.4. The number of phenolic OH excluding ortho intramolecular Hbond substituents is 1. The number of thiophene rings is 1. The highest BCUT2D eigenvalue weighted by Crippen LogP contribution is 2.47. The molecular weight excluding hydrogens is 788 g/mol. The van der Waals surface area contributed by atoms with E-state index in [4.69, 9.17) is 35.3 Å². The molecule has 0 bridgehead atoms. The van der Waals surface area contributed by atoms with Crippen LogP contribution in [0.4, 0.5) is 11.4 Å². The second kappa shape index (κ2) is 15.9. The molecule has 5 aromatic rings. The van der Waals surface area contributed by atoms with E-state index in [0.717, 1.165) is 38.6 Å². The zero-order valence-corrected chi connectivity index (χ0v) is 33.3. The molecule has 0 spiro atoms. The molecule has 8 rings (SSSR count). The molecule has 0 saturated carbocycles. The van der Waals surface area contributed by atoms with Crippen LogP contribution in [0.1, 0.15) is 63.6 Å². The van der Waals surface area contributed by atoms with Crippen LogP contribution in [-0.2, 0) is 39.8 Å². The number of halogens is 1. The van der Waals surface area contributed by atoms with Gasteiger partial charge < -0.3 is 38.6 Å². The Morgan fingerprint density at radius 1 is 0.810 bits per heavy atom. The van der Waals surface area contributed by atoms with E-state index in [2.05, 4.69) is 0 Å². The summed E-state index contributed by atoms with van der Waals surface area (Å²) >= 11 is 7.66. The van der Waals surface area contributed by atoms with E-state index in [-0.39, 0.29) is 48.9 Å². The Hall–Kier alpha value is -5.70. The third kappa shape index (κ3) is 7.31. The number of fused-ring (bicyclic) bond motifs is 6. The number of anilines is 2. The van der Waals surface area contributed by atoms with E-state index in [1.807, 2.05) is 48.5 Å². The first-order valence-corrected chi connectivity index (χ1v) is 20.2. The fraction of sp³-hybridized carbons (Fsp3) is 0.326. The molecule has 0 radical (unpaired) electrons. The van der Waals surface area contributed by atoms with E-state index in [9.17, 15) is 29.1 Å². The van der Waals surface area contributed by atoms with Crippen molar-refractivity contribution < 1.29 is 52.8 Å². The molecule has 0 unspecified atom stereocenters. The number of aromatic hydroxyl groups is 1. The molecule has 1 fully saturated rings. The number of ether oxygens (including phenoxy) is 5. The van der Waals surface area contributed by atoms with Crippen molar-refractivity contribution in [3.63, 3.8) is 0 Å².